The summed E-state index contributed by atoms with van der Waals surface area (Å²) >= 11 is 0. The van der Waals surface area contributed by atoms with Crippen molar-refractivity contribution in [1.29, 1.82) is 0 Å². The maximum absolute atomic E-state index is 12.3. The first-order chi connectivity index (χ1) is 17.1. The SMILES string of the molecule is O=C(N[C@@H](CCO[C@@H]1CCCN(CCCc2ccc3c(n2)NCCC3)C1)C(=O)O)c1ccccc1. The highest BCUT2D eigenvalue weighted by molar-refractivity contribution is 5.96. The van der Waals surface area contributed by atoms with Crippen molar-refractivity contribution in [2.24, 2.45) is 0 Å². The summed E-state index contributed by atoms with van der Waals surface area (Å²) in [5, 5.41) is 15.5. The topological polar surface area (TPSA) is 104 Å². The summed E-state index contributed by atoms with van der Waals surface area (Å²) in [6.45, 7) is 4.22. The number of benzene rings is 1. The number of carbonyl (C=O) groups excluding carboxylic acids is 1. The molecule has 2 aliphatic rings. The van der Waals surface area contributed by atoms with Crippen LogP contribution in [0.1, 0.15) is 53.7 Å². The summed E-state index contributed by atoms with van der Waals surface area (Å²) in [6.07, 6.45) is 6.66. The number of aromatic nitrogens is 1. The molecule has 0 spiro atoms. The van der Waals surface area contributed by atoms with Gasteiger partial charge in [0.1, 0.15) is 11.9 Å². The molecule has 1 aromatic heterocycles. The van der Waals surface area contributed by atoms with Crippen molar-refractivity contribution in [3.8, 4) is 0 Å². The zero-order chi connectivity index (χ0) is 24.5. The van der Waals surface area contributed by atoms with Crippen LogP contribution in [-0.2, 0) is 22.4 Å². The number of ether oxygens (including phenoxy) is 1. The number of piperidine rings is 1. The van der Waals surface area contributed by atoms with Gasteiger partial charge in [-0.15, -0.1) is 0 Å². The van der Waals surface area contributed by atoms with Crippen LogP contribution in [0.25, 0.3) is 0 Å². The predicted octanol–water partition coefficient (Wildman–Crippen LogP) is 3.13. The Labute approximate surface area is 207 Å². The Morgan fingerprint density at radius 3 is 2.89 bits per heavy atom. The lowest BCUT2D eigenvalue weighted by Crippen LogP contribution is -2.43. The van der Waals surface area contributed by atoms with E-state index >= 15 is 0 Å². The summed E-state index contributed by atoms with van der Waals surface area (Å²) in [5.74, 6) is -0.375. The molecule has 3 N–H and O–H groups in total. The molecular formula is C27H36N4O4. The fraction of sp³-hybridized carbons (Fsp3) is 0.519. The van der Waals surface area contributed by atoms with Crippen LogP contribution in [0, 0.1) is 0 Å². The highest BCUT2D eigenvalue weighted by Gasteiger charge is 2.23. The molecule has 188 valence electrons. The van der Waals surface area contributed by atoms with Gasteiger partial charge in [-0.3, -0.25) is 4.79 Å². The van der Waals surface area contributed by atoms with Crippen LogP contribution in [0.2, 0.25) is 0 Å². The maximum Gasteiger partial charge on any atom is 0.326 e. The Hall–Kier alpha value is -2.97. The predicted molar refractivity (Wildman–Crippen MR) is 135 cm³/mol. The van der Waals surface area contributed by atoms with Crippen LogP contribution in [0.4, 0.5) is 5.82 Å². The van der Waals surface area contributed by atoms with Crippen molar-refractivity contribution < 1.29 is 19.4 Å². The number of fused-ring (bicyclic) bond motifs is 1. The quantitative estimate of drug-likeness (QED) is 0.454. The second kappa shape index (κ2) is 12.7. The van der Waals surface area contributed by atoms with E-state index in [0.717, 1.165) is 69.8 Å². The zero-order valence-corrected chi connectivity index (χ0v) is 20.2. The van der Waals surface area contributed by atoms with E-state index < -0.39 is 12.0 Å². The lowest BCUT2D eigenvalue weighted by molar-refractivity contribution is -0.140. The molecule has 8 nitrogen and oxygen atoms in total. The molecule has 3 heterocycles. The van der Waals surface area contributed by atoms with Crippen molar-refractivity contribution in [3.63, 3.8) is 0 Å². The molecule has 0 unspecified atom stereocenters. The molecule has 2 atom stereocenters. The zero-order valence-electron chi connectivity index (χ0n) is 20.2. The van der Waals surface area contributed by atoms with Crippen molar-refractivity contribution in [2.45, 2.75) is 57.1 Å². The van der Waals surface area contributed by atoms with E-state index in [4.69, 9.17) is 9.72 Å². The first-order valence-electron chi connectivity index (χ1n) is 12.7. The largest absolute Gasteiger partial charge is 0.480 e. The average molecular weight is 481 g/mol. The molecule has 0 radical (unpaired) electrons. The van der Waals surface area contributed by atoms with Crippen molar-refractivity contribution in [3.05, 3.63) is 59.3 Å². The molecule has 1 fully saturated rings. The number of likely N-dealkylation sites (tertiary alicyclic amines) is 1. The summed E-state index contributed by atoms with van der Waals surface area (Å²) in [4.78, 5) is 31.2. The molecule has 1 amide bonds. The van der Waals surface area contributed by atoms with Gasteiger partial charge in [-0.2, -0.15) is 0 Å². The highest BCUT2D eigenvalue weighted by atomic mass is 16.5. The first-order valence-corrected chi connectivity index (χ1v) is 12.7. The minimum absolute atomic E-state index is 0.0917. The summed E-state index contributed by atoms with van der Waals surface area (Å²) in [7, 11) is 0. The fourth-order valence-corrected chi connectivity index (χ4v) is 4.79. The molecule has 2 aliphatic heterocycles. The third-order valence-corrected chi connectivity index (χ3v) is 6.72. The number of hydrogen-bond donors (Lipinski definition) is 3. The van der Waals surface area contributed by atoms with Gasteiger partial charge in [-0.05, 0) is 75.4 Å². The van der Waals surface area contributed by atoms with Crippen molar-refractivity contribution in [1.82, 2.24) is 15.2 Å². The van der Waals surface area contributed by atoms with Crippen LogP contribution in [0.3, 0.4) is 0 Å². The Bertz CT molecular complexity index is 984. The molecule has 0 saturated carbocycles. The Morgan fingerprint density at radius 1 is 1.20 bits per heavy atom. The minimum atomic E-state index is -1.05. The second-order valence-electron chi connectivity index (χ2n) is 9.40. The standard InChI is InChI=1S/C27H36N4O4/c32-26(21-7-2-1-3-8-21)30-24(27(33)34)14-18-35-23-11-6-17-31(19-23)16-5-10-22-13-12-20-9-4-15-28-25(20)29-22/h1-3,7-8,12-13,23-24H,4-6,9-11,14-19H2,(H,28,29)(H,30,32)(H,33,34)/t23-,24+/m1/s1. The number of nitrogens with zero attached hydrogens (tertiary/aromatic N) is 2. The number of rotatable bonds is 11. The number of aryl methyl sites for hydroxylation is 2. The summed E-state index contributed by atoms with van der Waals surface area (Å²) < 4.78 is 6.03. The lowest BCUT2D eigenvalue weighted by Gasteiger charge is -2.32. The molecule has 8 heteroatoms. The number of pyridine rings is 1. The molecule has 0 aliphatic carbocycles. The Morgan fingerprint density at radius 2 is 2.06 bits per heavy atom. The van der Waals surface area contributed by atoms with E-state index in [1.165, 1.54) is 12.0 Å². The smallest absolute Gasteiger partial charge is 0.326 e. The van der Waals surface area contributed by atoms with Crippen LogP contribution in [0.5, 0.6) is 0 Å². The van der Waals surface area contributed by atoms with Crippen molar-refractivity contribution in [2.75, 3.05) is 38.1 Å². The number of amides is 1. The lowest BCUT2D eigenvalue weighted by atomic mass is 10.1. The number of aliphatic carboxylic acids is 1. The third-order valence-electron chi connectivity index (χ3n) is 6.72. The van der Waals surface area contributed by atoms with Crippen LogP contribution < -0.4 is 10.6 Å². The van der Waals surface area contributed by atoms with E-state index in [9.17, 15) is 14.7 Å². The van der Waals surface area contributed by atoms with Gasteiger partial charge in [0.15, 0.2) is 0 Å². The number of anilines is 1. The van der Waals surface area contributed by atoms with Crippen molar-refractivity contribution >= 4 is 17.7 Å². The number of nitrogens with one attached hydrogen (secondary N) is 2. The highest BCUT2D eigenvalue weighted by Crippen LogP contribution is 2.20. The van der Waals surface area contributed by atoms with Gasteiger partial charge in [-0.1, -0.05) is 24.3 Å². The normalized spacial score (nSPS) is 18.8. The molecule has 2 aromatic rings. The minimum Gasteiger partial charge on any atom is -0.480 e. The average Bonchev–Trinajstić information content (AvgIpc) is 2.88. The van der Waals surface area contributed by atoms with Gasteiger partial charge in [0.25, 0.3) is 5.91 Å². The number of hydrogen-bond acceptors (Lipinski definition) is 6. The van der Waals surface area contributed by atoms with E-state index in [1.807, 2.05) is 6.07 Å². The van der Waals surface area contributed by atoms with Crippen LogP contribution in [0.15, 0.2) is 42.5 Å². The van der Waals surface area contributed by atoms with Gasteiger partial charge >= 0.3 is 5.97 Å². The monoisotopic (exact) mass is 480 g/mol. The molecular weight excluding hydrogens is 444 g/mol. The fourth-order valence-electron chi connectivity index (χ4n) is 4.79. The number of carbonyl (C=O) groups is 2. The van der Waals surface area contributed by atoms with Gasteiger partial charge in [-0.25, -0.2) is 9.78 Å². The molecule has 35 heavy (non-hydrogen) atoms. The van der Waals surface area contributed by atoms with Gasteiger partial charge in [0, 0.05) is 37.4 Å². The van der Waals surface area contributed by atoms with E-state index in [2.05, 4.69) is 27.7 Å². The van der Waals surface area contributed by atoms with E-state index in [1.54, 1.807) is 24.3 Å². The molecule has 0 bridgehead atoms. The number of carboxylic acids is 1. The van der Waals surface area contributed by atoms with Gasteiger partial charge in [0.05, 0.1) is 6.10 Å². The van der Waals surface area contributed by atoms with Gasteiger partial charge in [0.2, 0.25) is 0 Å². The van der Waals surface area contributed by atoms with Crippen LogP contribution in [-0.4, -0.2) is 71.8 Å². The van der Waals surface area contributed by atoms with Gasteiger partial charge < -0.3 is 25.4 Å². The van der Waals surface area contributed by atoms with E-state index in [0.29, 0.717) is 12.2 Å². The van der Waals surface area contributed by atoms with Crippen LogP contribution >= 0.6 is 0 Å². The summed E-state index contributed by atoms with van der Waals surface area (Å²) in [5.41, 5.74) is 2.91. The molecule has 1 aromatic carbocycles. The maximum atomic E-state index is 12.3. The Kier molecular flexibility index (Phi) is 9.08. The Balaban J connectivity index is 1.17. The second-order valence-corrected chi connectivity index (χ2v) is 9.40. The molecule has 4 rings (SSSR count). The molecule has 1 saturated heterocycles. The third kappa shape index (κ3) is 7.50. The first kappa shape index (κ1) is 25.1. The summed E-state index contributed by atoms with van der Waals surface area (Å²) in [6, 6.07) is 12.0. The van der Waals surface area contributed by atoms with E-state index in [-0.39, 0.29) is 18.4 Å². The number of carboxylic acid groups (broad SMARTS) is 1.